The summed E-state index contributed by atoms with van der Waals surface area (Å²) < 4.78 is 6.09. The van der Waals surface area contributed by atoms with Crippen molar-refractivity contribution in [2.24, 2.45) is 0 Å². The minimum atomic E-state index is -0.307. The van der Waals surface area contributed by atoms with Crippen LogP contribution in [0.4, 0.5) is 0 Å². The first-order valence-electron chi connectivity index (χ1n) is 6.68. The van der Waals surface area contributed by atoms with Crippen molar-refractivity contribution in [2.45, 2.75) is 13.3 Å². The third-order valence-corrected chi connectivity index (χ3v) is 4.46. The number of thiophene rings is 1. The maximum absolute atomic E-state index is 11.8. The van der Waals surface area contributed by atoms with Crippen LogP contribution in [0.1, 0.15) is 28.5 Å². The molecule has 0 saturated carbocycles. The zero-order valence-electron chi connectivity index (χ0n) is 11.5. The van der Waals surface area contributed by atoms with Crippen LogP contribution in [0, 0.1) is 0 Å². The van der Waals surface area contributed by atoms with Crippen molar-refractivity contribution in [2.75, 3.05) is 6.61 Å². The predicted molar refractivity (Wildman–Crippen MR) is 86.4 cm³/mol. The Balaban J connectivity index is 1.89. The number of carbonyl (C=O) groups is 1. The Labute approximate surface area is 131 Å². The molecule has 1 aromatic carbocycles. The average molecular weight is 320 g/mol. The molecule has 2 aromatic heterocycles. The van der Waals surface area contributed by atoms with Crippen molar-refractivity contribution in [3.63, 3.8) is 0 Å². The van der Waals surface area contributed by atoms with Gasteiger partial charge in [0.15, 0.2) is 0 Å². The summed E-state index contributed by atoms with van der Waals surface area (Å²) in [6.07, 6.45) is 0.806. The number of benzene rings is 1. The number of esters is 1. The van der Waals surface area contributed by atoms with Crippen LogP contribution < -0.4 is 0 Å². The topological polar surface area (TPSA) is 42.1 Å². The van der Waals surface area contributed by atoms with Gasteiger partial charge in [0.2, 0.25) is 0 Å². The molecule has 0 unspecified atom stereocenters. The average Bonchev–Trinajstić information content (AvgIpc) is 3.03. The van der Waals surface area contributed by atoms with Gasteiger partial charge < -0.3 is 9.72 Å². The Hall–Kier alpha value is -1.78. The predicted octanol–water partition coefficient (Wildman–Crippen LogP) is 4.65. The normalized spacial score (nSPS) is 11.0. The van der Waals surface area contributed by atoms with Gasteiger partial charge in [-0.1, -0.05) is 23.7 Å². The van der Waals surface area contributed by atoms with Crippen LogP contribution in [0.25, 0.3) is 10.2 Å². The Bertz CT molecular complexity index is 773. The molecule has 0 bridgehead atoms. The fourth-order valence-corrected chi connectivity index (χ4v) is 3.31. The lowest BCUT2D eigenvalue weighted by molar-refractivity contribution is 0.0520. The number of hydrogen-bond donors (Lipinski definition) is 1. The first-order chi connectivity index (χ1) is 10.2. The highest BCUT2D eigenvalue weighted by Gasteiger charge is 2.14. The summed E-state index contributed by atoms with van der Waals surface area (Å²) in [5.74, 6) is -0.307. The number of halogens is 1. The summed E-state index contributed by atoms with van der Waals surface area (Å²) in [5.41, 5.74) is 3.88. The molecule has 2 heterocycles. The fourth-order valence-electron chi connectivity index (χ4n) is 2.23. The second-order valence-corrected chi connectivity index (χ2v) is 6.05. The summed E-state index contributed by atoms with van der Waals surface area (Å²) in [7, 11) is 0. The van der Waals surface area contributed by atoms with Gasteiger partial charge in [0.05, 0.1) is 16.8 Å². The van der Waals surface area contributed by atoms with E-state index < -0.39 is 0 Å². The van der Waals surface area contributed by atoms with E-state index in [0.29, 0.717) is 12.3 Å². The van der Waals surface area contributed by atoms with Crippen LogP contribution in [0.2, 0.25) is 5.02 Å². The number of H-pyrrole nitrogens is 1. The van der Waals surface area contributed by atoms with Crippen molar-refractivity contribution in [3.05, 3.63) is 57.6 Å². The van der Waals surface area contributed by atoms with Crippen LogP contribution >= 0.6 is 22.9 Å². The van der Waals surface area contributed by atoms with Gasteiger partial charge in [-0.15, -0.1) is 11.3 Å². The molecular weight excluding hydrogens is 306 g/mol. The van der Waals surface area contributed by atoms with Crippen molar-refractivity contribution in [3.8, 4) is 0 Å². The summed E-state index contributed by atoms with van der Waals surface area (Å²) in [6, 6.07) is 9.66. The monoisotopic (exact) mass is 319 g/mol. The Kier molecular flexibility index (Phi) is 3.99. The van der Waals surface area contributed by atoms with Crippen LogP contribution in [0.15, 0.2) is 35.7 Å². The molecule has 108 valence electrons. The minimum absolute atomic E-state index is 0.307. The lowest BCUT2D eigenvalue weighted by Gasteiger charge is -2.00. The van der Waals surface area contributed by atoms with E-state index >= 15 is 0 Å². The first kappa shape index (κ1) is 14.2. The molecule has 3 nitrogen and oxygen atoms in total. The Morgan fingerprint density at radius 2 is 2.10 bits per heavy atom. The molecule has 3 rings (SSSR count). The number of hydrogen-bond acceptors (Lipinski definition) is 3. The molecule has 0 amide bonds. The first-order valence-corrected chi connectivity index (χ1v) is 7.93. The highest BCUT2D eigenvalue weighted by Crippen LogP contribution is 2.28. The second kappa shape index (κ2) is 5.92. The van der Waals surface area contributed by atoms with Gasteiger partial charge in [-0.3, -0.25) is 0 Å². The molecule has 1 N–H and O–H groups in total. The minimum Gasteiger partial charge on any atom is -0.461 e. The maximum atomic E-state index is 11.8. The highest BCUT2D eigenvalue weighted by atomic mass is 35.5. The number of carbonyl (C=O) groups excluding carboxylic acids is 1. The lowest BCUT2D eigenvalue weighted by atomic mass is 10.1. The van der Waals surface area contributed by atoms with Gasteiger partial charge in [-0.25, -0.2) is 4.79 Å². The molecule has 0 spiro atoms. The molecule has 0 aliphatic heterocycles. The van der Waals surface area contributed by atoms with E-state index in [0.717, 1.165) is 21.7 Å². The van der Waals surface area contributed by atoms with E-state index in [4.69, 9.17) is 16.3 Å². The van der Waals surface area contributed by atoms with Gasteiger partial charge in [-0.05, 0) is 41.6 Å². The van der Waals surface area contributed by atoms with E-state index in [2.05, 4.69) is 10.4 Å². The number of ether oxygens (including phenoxy) is 1. The third kappa shape index (κ3) is 2.96. The smallest absolute Gasteiger partial charge is 0.354 e. The molecule has 5 heteroatoms. The van der Waals surface area contributed by atoms with Gasteiger partial charge in [0.25, 0.3) is 0 Å². The number of nitrogens with one attached hydrogen (secondary N) is 1. The van der Waals surface area contributed by atoms with E-state index in [-0.39, 0.29) is 5.97 Å². The van der Waals surface area contributed by atoms with E-state index in [1.165, 1.54) is 11.1 Å². The van der Waals surface area contributed by atoms with Crippen LogP contribution in [0.5, 0.6) is 0 Å². The van der Waals surface area contributed by atoms with Gasteiger partial charge in [0.1, 0.15) is 5.69 Å². The van der Waals surface area contributed by atoms with E-state index in [9.17, 15) is 4.79 Å². The summed E-state index contributed by atoms with van der Waals surface area (Å²) in [4.78, 5) is 14.9. The number of rotatable bonds is 4. The molecule has 21 heavy (non-hydrogen) atoms. The summed E-state index contributed by atoms with van der Waals surface area (Å²) in [5, 5.41) is 2.85. The zero-order valence-corrected chi connectivity index (χ0v) is 13.1. The number of aromatic amines is 1. The highest BCUT2D eigenvalue weighted by molar-refractivity contribution is 7.17. The van der Waals surface area contributed by atoms with Crippen LogP contribution in [0.3, 0.4) is 0 Å². The van der Waals surface area contributed by atoms with Crippen molar-refractivity contribution in [1.29, 1.82) is 0 Å². The van der Waals surface area contributed by atoms with Gasteiger partial charge in [0, 0.05) is 11.4 Å². The van der Waals surface area contributed by atoms with Crippen molar-refractivity contribution in [1.82, 2.24) is 4.98 Å². The van der Waals surface area contributed by atoms with Crippen molar-refractivity contribution >= 4 is 39.1 Å². The van der Waals surface area contributed by atoms with E-state index in [1.54, 1.807) is 18.3 Å². The number of aromatic nitrogens is 1. The van der Waals surface area contributed by atoms with Gasteiger partial charge in [-0.2, -0.15) is 0 Å². The quantitative estimate of drug-likeness (QED) is 0.711. The largest absolute Gasteiger partial charge is 0.461 e. The molecular formula is C16H14ClNO2S. The molecule has 0 atom stereocenters. The number of fused-ring (bicyclic) bond motifs is 1. The molecule has 0 saturated heterocycles. The van der Waals surface area contributed by atoms with E-state index in [1.807, 2.05) is 30.3 Å². The molecule has 0 fully saturated rings. The summed E-state index contributed by atoms with van der Waals surface area (Å²) in [6.45, 7) is 2.18. The Morgan fingerprint density at radius 1 is 1.33 bits per heavy atom. The van der Waals surface area contributed by atoms with Gasteiger partial charge >= 0.3 is 5.97 Å². The second-order valence-electron chi connectivity index (χ2n) is 4.71. The molecule has 3 aromatic rings. The van der Waals surface area contributed by atoms with Crippen LogP contribution in [-0.2, 0) is 11.2 Å². The van der Waals surface area contributed by atoms with Crippen LogP contribution in [-0.4, -0.2) is 17.6 Å². The maximum Gasteiger partial charge on any atom is 0.354 e. The molecule has 0 aliphatic rings. The SMILES string of the molecule is CCOC(=O)c1cc2scc(Cc3ccc(Cl)cc3)c2[nH]1. The third-order valence-electron chi connectivity index (χ3n) is 3.23. The molecule has 0 aliphatic carbocycles. The Morgan fingerprint density at radius 3 is 2.81 bits per heavy atom. The fraction of sp³-hybridized carbons (Fsp3) is 0.188. The van der Waals surface area contributed by atoms with Crippen molar-refractivity contribution < 1.29 is 9.53 Å². The molecule has 0 radical (unpaired) electrons. The standard InChI is InChI=1S/C16H14ClNO2S/c1-2-20-16(19)13-8-14-15(18-13)11(9-21-14)7-10-3-5-12(17)6-4-10/h3-6,8-9,18H,2,7H2,1H3. The zero-order chi connectivity index (χ0) is 14.8. The summed E-state index contributed by atoms with van der Waals surface area (Å²) >= 11 is 7.53. The lowest BCUT2D eigenvalue weighted by Crippen LogP contribution is -2.04.